The molecular formula is C12H25N3O2. The van der Waals surface area contributed by atoms with E-state index in [1.165, 1.54) is 0 Å². The molecule has 0 radical (unpaired) electrons. The molecule has 5 nitrogen and oxygen atoms in total. The summed E-state index contributed by atoms with van der Waals surface area (Å²) in [7, 11) is 0. The summed E-state index contributed by atoms with van der Waals surface area (Å²) in [5, 5.41) is 8.90. The highest BCUT2D eigenvalue weighted by Crippen LogP contribution is 2.28. The smallest absolute Gasteiger partial charge is 0.0558 e. The van der Waals surface area contributed by atoms with Gasteiger partial charge in [0.2, 0.25) is 0 Å². The third-order valence-electron chi connectivity index (χ3n) is 4.06. The van der Waals surface area contributed by atoms with Crippen LogP contribution in [0.25, 0.3) is 0 Å². The maximum atomic E-state index is 8.90. The van der Waals surface area contributed by atoms with E-state index in [0.29, 0.717) is 0 Å². The lowest BCUT2D eigenvalue weighted by Gasteiger charge is -2.39. The maximum absolute atomic E-state index is 8.90. The third kappa shape index (κ3) is 3.39. The Kier molecular flexibility index (Phi) is 4.76. The van der Waals surface area contributed by atoms with E-state index in [1.54, 1.807) is 0 Å². The molecule has 2 aliphatic rings. The lowest BCUT2D eigenvalue weighted by molar-refractivity contribution is 0.0685. The molecule has 2 aliphatic heterocycles. The number of β-amino-alcohol motifs (C(OH)–C–C–N with tert-alkyl or cyclic N) is 1. The van der Waals surface area contributed by atoms with E-state index in [4.69, 9.17) is 15.6 Å². The van der Waals surface area contributed by atoms with Crippen molar-refractivity contribution in [3.8, 4) is 0 Å². The largest absolute Gasteiger partial charge is 0.395 e. The quantitative estimate of drug-likeness (QED) is 0.646. The predicted molar refractivity (Wildman–Crippen MR) is 66.9 cm³/mol. The molecule has 0 aromatic heterocycles. The molecule has 0 aliphatic carbocycles. The highest BCUT2D eigenvalue weighted by Gasteiger charge is 2.35. The van der Waals surface area contributed by atoms with Gasteiger partial charge in [-0.3, -0.25) is 4.90 Å². The van der Waals surface area contributed by atoms with Crippen molar-refractivity contribution in [2.45, 2.75) is 6.42 Å². The second-order valence-electron chi connectivity index (χ2n) is 5.35. The third-order valence-corrected chi connectivity index (χ3v) is 4.06. The molecule has 0 saturated carbocycles. The summed E-state index contributed by atoms with van der Waals surface area (Å²) in [6.45, 7) is 8.83. The van der Waals surface area contributed by atoms with Crippen LogP contribution in [0.3, 0.4) is 0 Å². The normalized spacial score (nSPS) is 32.1. The SMILES string of the molecule is NCC1(CN2CCN(CCO)CC2)CCOC1. The fraction of sp³-hybridized carbons (Fsp3) is 1.00. The molecule has 5 heteroatoms. The number of piperazine rings is 1. The minimum absolute atomic E-state index is 0.194. The van der Waals surface area contributed by atoms with Gasteiger partial charge in [-0.05, 0) is 6.42 Å². The molecule has 0 aromatic rings. The van der Waals surface area contributed by atoms with Crippen LogP contribution in [0.4, 0.5) is 0 Å². The first-order valence-electron chi connectivity index (χ1n) is 6.61. The van der Waals surface area contributed by atoms with E-state index in [2.05, 4.69) is 9.80 Å². The van der Waals surface area contributed by atoms with Crippen molar-refractivity contribution < 1.29 is 9.84 Å². The Morgan fingerprint density at radius 3 is 2.41 bits per heavy atom. The van der Waals surface area contributed by atoms with Gasteiger partial charge in [-0.25, -0.2) is 0 Å². The monoisotopic (exact) mass is 243 g/mol. The fourth-order valence-corrected chi connectivity index (χ4v) is 2.79. The molecule has 0 aromatic carbocycles. The molecule has 17 heavy (non-hydrogen) atoms. The molecule has 2 heterocycles. The number of ether oxygens (including phenoxy) is 1. The zero-order chi connectivity index (χ0) is 12.1. The Labute approximate surface area is 104 Å². The second-order valence-corrected chi connectivity index (χ2v) is 5.35. The number of rotatable bonds is 5. The zero-order valence-electron chi connectivity index (χ0n) is 10.6. The van der Waals surface area contributed by atoms with E-state index in [0.717, 1.165) is 65.4 Å². The lowest BCUT2D eigenvalue weighted by Crippen LogP contribution is -2.52. The first-order chi connectivity index (χ1) is 8.28. The Bertz CT molecular complexity index is 224. The van der Waals surface area contributed by atoms with Crippen molar-refractivity contribution in [3.63, 3.8) is 0 Å². The molecule has 1 atom stereocenters. The van der Waals surface area contributed by atoms with Crippen molar-refractivity contribution in [2.24, 2.45) is 11.1 Å². The number of aliphatic hydroxyl groups excluding tert-OH is 1. The minimum Gasteiger partial charge on any atom is -0.395 e. The van der Waals surface area contributed by atoms with Crippen LogP contribution in [0.15, 0.2) is 0 Å². The highest BCUT2D eigenvalue weighted by atomic mass is 16.5. The van der Waals surface area contributed by atoms with Gasteiger partial charge in [-0.2, -0.15) is 0 Å². The molecule has 100 valence electrons. The van der Waals surface area contributed by atoms with Gasteiger partial charge in [0.25, 0.3) is 0 Å². The van der Waals surface area contributed by atoms with Crippen LogP contribution in [0, 0.1) is 5.41 Å². The number of hydrogen-bond donors (Lipinski definition) is 2. The molecule has 2 fully saturated rings. The van der Waals surface area contributed by atoms with E-state index >= 15 is 0 Å². The van der Waals surface area contributed by atoms with Gasteiger partial charge >= 0.3 is 0 Å². The van der Waals surface area contributed by atoms with Crippen LogP contribution in [0.2, 0.25) is 0 Å². The molecule has 0 amide bonds. The first kappa shape index (κ1) is 13.2. The van der Waals surface area contributed by atoms with Gasteiger partial charge in [-0.15, -0.1) is 0 Å². The van der Waals surface area contributed by atoms with Crippen LogP contribution in [0.1, 0.15) is 6.42 Å². The Morgan fingerprint density at radius 2 is 1.88 bits per heavy atom. The average Bonchev–Trinajstić information content (AvgIpc) is 2.81. The number of aliphatic hydroxyl groups is 1. The summed E-state index contributed by atoms with van der Waals surface area (Å²) < 4.78 is 5.50. The van der Waals surface area contributed by atoms with Crippen LogP contribution in [-0.2, 0) is 4.74 Å². The molecule has 0 spiro atoms. The van der Waals surface area contributed by atoms with Gasteiger partial charge in [0.05, 0.1) is 13.2 Å². The number of nitrogens with zero attached hydrogens (tertiary/aromatic N) is 2. The molecule has 0 bridgehead atoms. The van der Waals surface area contributed by atoms with Crippen molar-refractivity contribution in [1.29, 1.82) is 0 Å². The average molecular weight is 243 g/mol. The van der Waals surface area contributed by atoms with Gasteiger partial charge in [-0.1, -0.05) is 0 Å². The fourth-order valence-electron chi connectivity index (χ4n) is 2.79. The zero-order valence-corrected chi connectivity index (χ0v) is 10.6. The highest BCUT2D eigenvalue weighted by molar-refractivity contribution is 4.88. The maximum Gasteiger partial charge on any atom is 0.0558 e. The van der Waals surface area contributed by atoms with E-state index in [9.17, 15) is 0 Å². The molecule has 2 rings (SSSR count). The lowest BCUT2D eigenvalue weighted by atomic mass is 9.86. The second kappa shape index (κ2) is 6.11. The summed E-state index contributed by atoms with van der Waals surface area (Å²) in [5.41, 5.74) is 6.10. The van der Waals surface area contributed by atoms with E-state index < -0.39 is 0 Å². The first-order valence-corrected chi connectivity index (χ1v) is 6.61. The van der Waals surface area contributed by atoms with E-state index in [1.807, 2.05) is 0 Å². The molecule has 2 saturated heterocycles. The minimum atomic E-state index is 0.194. The Balaban J connectivity index is 1.77. The van der Waals surface area contributed by atoms with Gasteiger partial charge in [0, 0.05) is 57.8 Å². The van der Waals surface area contributed by atoms with Crippen LogP contribution in [0.5, 0.6) is 0 Å². The summed E-state index contributed by atoms with van der Waals surface area (Å²) in [6.07, 6.45) is 1.10. The van der Waals surface area contributed by atoms with Gasteiger partial charge in [0.15, 0.2) is 0 Å². The van der Waals surface area contributed by atoms with Crippen molar-refractivity contribution >= 4 is 0 Å². The van der Waals surface area contributed by atoms with Gasteiger partial charge in [0.1, 0.15) is 0 Å². The Hall–Kier alpha value is -0.200. The summed E-state index contributed by atoms with van der Waals surface area (Å²) in [5.74, 6) is 0. The predicted octanol–water partition coefficient (Wildman–Crippen LogP) is -1.04. The summed E-state index contributed by atoms with van der Waals surface area (Å²) in [4.78, 5) is 4.81. The molecule has 3 N–H and O–H groups in total. The van der Waals surface area contributed by atoms with Crippen molar-refractivity contribution in [1.82, 2.24) is 9.80 Å². The number of nitrogens with two attached hydrogens (primary N) is 1. The molecular weight excluding hydrogens is 218 g/mol. The topological polar surface area (TPSA) is 62.0 Å². The standard InChI is InChI=1S/C12H25N3O2/c13-9-12(1-8-17-11-12)10-15-4-2-14(3-5-15)6-7-16/h16H,1-11,13H2. The van der Waals surface area contributed by atoms with Crippen LogP contribution in [-0.4, -0.2) is 80.5 Å². The van der Waals surface area contributed by atoms with Gasteiger partial charge < -0.3 is 20.5 Å². The number of hydrogen-bond acceptors (Lipinski definition) is 5. The van der Waals surface area contributed by atoms with Crippen molar-refractivity contribution in [3.05, 3.63) is 0 Å². The van der Waals surface area contributed by atoms with Crippen LogP contribution < -0.4 is 5.73 Å². The van der Waals surface area contributed by atoms with Crippen molar-refractivity contribution in [2.75, 3.05) is 65.6 Å². The summed E-state index contributed by atoms with van der Waals surface area (Å²) >= 11 is 0. The Morgan fingerprint density at radius 1 is 1.18 bits per heavy atom. The molecule has 1 unspecified atom stereocenters. The summed E-state index contributed by atoms with van der Waals surface area (Å²) in [6, 6.07) is 0. The van der Waals surface area contributed by atoms with Crippen LogP contribution >= 0.6 is 0 Å². The van der Waals surface area contributed by atoms with E-state index in [-0.39, 0.29) is 12.0 Å².